The minimum atomic E-state index is -0.0613. The number of aromatic nitrogens is 3. The van der Waals surface area contributed by atoms with Crippen LogP contribution in [0.15, 0.2) is 54.6 Å². The van der Waals surface area contributed by atoms with E-state index < -0.39 is 0 Å². The summed E-state index contributed by atoms with van der Waals surface area (Å²) in [6.07, 6.45) is 0. The van der Waals surface area contributed by atoms with Crippen molar-refractivity contribution in [1.29, 1.82) is 0 Å². The summed E-state index contributed by atoms with van der Waals surface area (Å²) in [6, 6.07) is 17.2. The van der Waals surface area contributed by atoms with Crippen LogP contribution in [0.4, 0.5) is 0 Å². The van der Waals surface area contributed by atoms with Gasteiger partial charge in [0.2, 0.25) is 0 Å². The van der Waals surface area contributed by atoms with E-state index in [1.165, 1.54) is 4.80 Å². The van der Waals surface area contributed by atoms with Crippen molar-refractivity contribution in [3.8, 4) is 17.2 Å². The third-order valence-corrected chi connectivity index (χ3v) is 5.37. The highest BCUT2D eigenvalue weighted by atomic mass is 16.5. The summed E-state index contributed by atoms with van der Waals surface area (Å²) >= 11 is 0. The van der Waals surface area contributed by atoms with Gasteiger partial charge in [-0.15, -0.1) is 5.10 Å². The summed E-state index contributed by atoms with van der Waals surface area (Å²) in [5.74, 6) is 1.58. The summed E-state index contributed by atoms with van der Waals surface area (Å²) in [7, 11) is 1.65. The molecular weight excluding hydrogens is 394 g/mol. The van der Waals surface area contributed by atoms with Crippen molar-refractivity contribution < 1.29 is 14.3 Å². The highest BCUT2D eigenvalue weighted by Crippen LogP contribution is 2.17. The smallest absolute Gasteiger partial charge is 0.276 e. The number of piperazine rings is 1. The lowest BCUT2D eigenvalue weighted by Crippen LogP contribution is -2.49. The zero-order chi connectivity index (χ0) is 21.6. The average Bonchev–Trinajstić information content (AvgIpc) is 3.22. The zero-order valence-corrected chi connectivity index (χ0v) is 17.9. The number of hydrogen-bond acceptors (Lipinski definition) is 6. The topological polar surface area (TPSA) is 72.7 Å². The number of methoxy groups -OCH3 is 1. The van der Waals surface area contributed by atoms with Crippen molar-refractivity contribution in [2.45, 2.75) is 6.92 Å². The standard InChI is InChI=1S/C23H27N5O3/c1-18-22(25-28(24-18)19-6-4-3-5-7-19)23(29)27-14-12-26(13-15-27)16-17-31-21-10-8-20(30-2)9-11-21/h3-11H,12-17H2,1-2H3. The van der Waals surface area contributed by atoms with Crippen LogP contribution in [0.25, 0.3) is 5.69 Å². The third-order valence-electron chi connectivity index (χ3n) is 5.37. The minimum absolute atomic E-state index is 0.0613. The van der Waals surface area contributed by atoms with Gasteiger partial charge in [-0.25, -0.2) is 0 Å². The maximum absolute atomic E-state index is 13.0. The summed E-state index contributed by atoms with van der Waals surface area (Å²) < 4.78 is 11.0. The Hall–Kier alpha value is -3.39. The highest BCUT2D eigenvalue weighted by molar-refractivity contribution is 5.93. The van der Waals surface area contributed by atoms with Crippen LogP contribution in [0.1, 0.15) is 16.2 Å². The molecule has 2 aromatic carbocycles. The highest BCUT2D eigenvalue weighted by Gasteiger charge is 2.26. The van der Waals surface area contributed by atoms with Crippen LogP contribution in [0, 0.1) is 6.92 Å². The van der Waals surface area contributed by atoms with Gasteiger partial charge in [0.1, 0.15) is 18.1 Å². The minimum Gasteiger partial charge on any atom is -0.497 e. The van der Waals surface area contributed by atoms with Crippen LogP contribution in [0.3, 0.4) is 0 Å². The molecule has 8 nitrogen and oxygen atoms in total. The fourth-order valence-electron chi connectivity index (χ4n) is 3.54. The molecule has 0 spiro atoms. The lowest BCUT2D eigenvalue weighted by atomic mass is 10.2. The Morgan fingerprint density at radius 2 is 1.61 bits per heavy atom. The van der Waals surface area contributed by atoms with E-state index in [-0.39, 0.29) is 5.91 Å². The van der Waals surface area contributed by atoms with E-state index in [4.69, 9.17) is 9.47 Å². The van der Waals surface area contributed by atoms with Crippen LogP contribution in [-0.2, 0) is 0 Å². The predicted molar refractivity (Wildman–Crippen MR) is 117 cm³/mol. The van der Waals surface area contributed by atoms with Gasteiger partial charge in [-0.3, -0.25) is 9.69 Å². The first kappa shape index (κ1) is 20.9. The maximum atomic E-state index is 13.0. The molecule has 8 heteroatoms. The van der Waals surface area contributed by atoms with Gasteiger partial charge in [0.05, 0.1) is 18.5 Å². The SMILES string of the molecule is COc1ccc(OCCN2CCN(C(=O)c3nn(-c4ccccc4)nc3C)CC2)cc1. The molecule has 0 saturated carbocycles. The number of para-hydroxylation sites is 1. The summed E-state index contributed by atoms with van der Waals surface area (Å²) in [4.78, 5) is 18.7. The Balaban J connectivity index is 1.26. The fourth-order valence-corrected chi connectivity index (χ4v) is 3.54. The second kappa shape index (κ2) is 9.61. The van der Waals surface area contributed by atoms with Gasteiger partial charge in [-0.1, -0.05) is 18.2 Å². The molecule has 0 aliphatic carbocycles. The van der Waals surface area contributed by atoms with Gasteiger partial charge >= 0.3 is 0 Å². The number of carbonyl (C=O) groups excluding carboxylic acids is 1. The van der Waals surface area contributed by atoms with E-state index in [1.807, 2.05) is 66.4 Å². The number of aryl methyl sites for hydroxylation is 1. The fraction of sp³-hybridized carbons (Fsp3) is 0.348. The largest absolute Gasteiger partial charge is 0.497 e. The first-order valence-electron chi connectivity index (χ1n) is 10.4. The van der Waals surface area contributed by atoms with Crippen molar-refractivity contribution in [1.82, 2.24) is 24.8 Å². The average molecular weight is 422 g/mol. The Kier molecular flexibility index (Phi) is 6.47. The monoisotopic (exact) mass is 421 g/mol. The van der Waals surface area contributed by atoms with E-state index in [9.17, 15) is 4.79 Å². The number of hydrogen-bond donors (Lipinski definition) is 0. The molecule has 1 aliphatic heterocycles. The number of carbonyl (C=O) groups is 1. The molecule has 4 rings (SSSR count). The van der Waals surface area contributed by atoms with Crippen molar-refractivity contribution >= 4 is 5.91 Å². The molecule has 1 aromatic heterocycles. The predicted octanol–water partition coefficient (Wildman–Crippen LogP) is 2.42. The van der Waals surface area contributed by atoms with Crippen molar-refractivity contribution in [2.75, 3.05) is 46.4 Å². The molecule has 0 atom stereocenters. The number of amides is 1. The summed E-state index contributed by atoms with van der Waals surface area (Å²) in [5.41, 5.74) is 1.90. The Bertz CT molecular complexity index is 996. The number of ether oxygens (including phenoxy) is 2. The molecule has 162 valence electrons. The van der Waals surface area contributed by atoms with E-state index in [1.54, 1.807) is 7.11 Å². The second-order valence-electron chi connectivity index (χ2n) is 7.42. The summed E-state index contributed by atoms with van der Waals surface area (Å²) in [5, 5.41) is 8.86. The zero-order valence-electron chi connectivity index (χ0n) is 17.9. The lowest BCUT2D eigenvalue weighted by Gasteiger charge is -2.34. The number of rotatable bonds is 7. The molecule has 0 N–H and O–H groups in total. The normalized spacial score (nSPS) is 14.5. The van der Waals surface area contributed by atoms with Crippen molar-refractivity contribution in [3.05, 3.63) is 66.0 Å². The second-order valence-corrected chi connectivity index (χ2v) is 7.42. The van der Waals surface area contributed by atoms with Gasteiger partial charge in [0.25, 0.3) is 5.91 Å². The van der Waals surface area contributed by atoms with E-state index in [2.05, 4.69) is 15.1 Å². The van der Waals surface area contributed by atoms with Crippen LogP contribution in [0.5, 0.6) is 11.5 Å². The van der Waals surface area contributed by atoms with Gasteiger partial charge in [-0.05, 0) is 43.3 Å². The maximum Gasteiger partial charge on any atom is 0.276 e. The van der Waals surface area contributed by atoms with Gasteiger partial charge in [0, 0.05) is 32.7 Å². The van der Waals surface area contributed by atoms with Crippen molar-refractivity contribution in [3.63, 3.8) is 0 Å². The molecule has 2 heterocycles. The molecule has 3 aromatic rings. The molecule has 0 radical (unpaired) electrons. The molecule has 1 amide bonds. The third kappa shape index (κ3) is 5.03. The van der Waals surface area contributed by atoms with Crippen LogP contribution < -0.4 is 9.47 Å². The van der Waals surface area contributed by atoms with E-state index in [0.717, 1.165) is 36.8 Å². The molecule has 0 bridgehead atoms. The lowest BCUT2D eigenvalue weighted by molar-refractivity contribution is 0.0613. The Morgan fingerprint density at radius 3 is 2.29 bits per heavy atom. The molecule has 1 saturated heterocycles. The van der Waals surface area contributed by atoms with Gasteiger partial charge in [-0.2, -0.15) is 9.90 Å². The number of benzene rings is 2. The van der Waals surface area contributed by atoms with Gasteiger partial charge < -0.3 is 14.4 Å². The van der Waals surface area contributed by atoms with E-state index in [0.29, 0.717) is 31.1 Å². The Morgan fingerprint density at radius 1 is 0.935 bits per heavy atom. The van der Waals surface area contributed by atoms with Crippen LogP contribution >= 0.6 is 0 Å². The summed E-state index contributed by atoms with van der Waals surface area (Å²) in [6.45, 7) is 6.19. The van der Waals surface area contributed by atoms with Crippen LogP contribution in [-0.4, -0.2) is 77.1 Å². The number of nitrogens with zero attached hydrogens (tertiary/aromatic N) is 5. The van der Waals surface area contributed by atoms with Crippen molar-refractivity contribution in [2.24, 2.45) is 0 Å². The molecule has 1 fully saturated rings. The Labute approximate surface area is 182 Å². The quantitative estimate of drug-likeness (QED) is 0.583. The van der Waals surface area contributed by atoms with Crippen LogP contribution in [0.2, 0.25) is 0 Å². The molecule has 31 heavy (non-hydrogen) atoms. The van der Waals surface area contributed by atoms with Gasteiger partial charge in [0.15, 0.2) is 5.69 Å². The first-order valence-corrected chi connectivity index (χ1v) is 10.4. The van der Waals surface area contributed by atoms with E-state index >= 15 is 0 Å². The first-order chi connectivity index (χ1) is 15.1. The molecule has 1 aliphatic rings. The molecule has 0 unspecified atom stereocenters. The molecular formula is C23H27N5O3.